The fraction of sp³-hybridized carbons (Fsp3) is 0.160. The Morgan fingerprint density at radius 2 is 1.86 bits per heavy atom. The van der Waals surface area contributed by atoms with Crippen molar-refractivity contribution in [3.63, 3.8) is 0 Å². The Morgan fingerprint density at radius 1 is 1.09 bits per heavy atom. The van der Waals surface area contributed by atoms with Gasteiger partial charge in [-0.1, -0.05) is 17.7 Å². The van der Waals surface area contributed by atoms with Crippen molar-refractivity contribution in [1.82, 2.24) is 4.98 Å². The van der Waals surface area contributed by atoms with Crippen molar-refractivity contribution in [2.75, 3.05) is 25.9 Å². The quantitative estimate of drug-likeness (QED) is 0.321. The number of halogens is 1. The number of rotatable bonds is 5. The number of hydrogen-bond acceptors (Lipinski definition) is 8. The molecule has 1 saturated heterocycles. The van der Waals surface area contributed by atoms with Gasteiger partial charge >= 0.3 is 0 Å². The van der Waals surface area contributed by atoms with Crippen molar-refractivity contribution in [1.29, 1.82) is 0 Å². The smallest absolute Gasteiger partial charge is 0.300 e. The number of aliphatic hydroxyl groups is 1. The molecule has 2 aliphatic heterocycles. The lowest BCUT2D eigenvalue weighted by Crippen LogP contribution is -2.29. The lowest BCUT2D eigenvalue weighted by atomic mass is 9.95. The molecule has 0 aliphatic carbocycles. The first-order chi connectivity index (χ1) is 16.9. The number of ether oxygens (including phenoxy) is 4. The predicted octanol–water partition coefficient (Wildman–Crippen LogP) is 4.11. The number of carbonyl (C=O) groups is 2. The highest BCUT2D eigenvalue weighted by molar-refractivity contribution is 6.51. The Balaban J connectivity index is 1.73. The standard InChI is InChI=1S/C25H19ClN2O7/c1-32-18-10-16(26)19(33-2)9-15(18)23(29)21-22(13-4-3-7-27-11-13)28(25(31)24(21)30)14-5-6-17-20(8-14)35-12-34-17/h3-11,22,29H,12H2,1-2H3/b23-21+. The molecule has 2 aromatic carbocycles. The number of methoxy groups -OCH3 is 2. The second-order valence-corrected chi connectivity index (χ2v) is 8.09. The van der Waals surface area contributed by atoms with Gasteiger partial charge in [0.1, 0.15) is 17.3 Å². The maximum Gasteiger partial charge on any atom is 0.300 e. The summed E-state index contributed by atoms with van der Waals surface area (Å²) < 4.78 is 21.5. The molecule has 178 valence electrons. The van der Waals surface area contributed by atoms with Crippen LogP contribution in [0.1, 0.15) is 17.2 Å². The minimum absolute atomic E-state index is 0.0574. The summed E-state index contributed by atoms with van der Waals surface area (Å²) in [6.07, 6.45) is 3.10. The monoisotopic (exact) mass is 494 g/mol. The van der Waals surface area contributed by atoms with Crippen molar-refractivity contribution in [3.8, 4) is 23.0 Å². The molecule has 0 saturated carbocycles. The van der Waals surface area contributed by atoms with Gasteiger partial charge in [0.05, 0.1) is 36.4 Å². The van der Waals surface area contributed by atoms with E-state index in [1.54, 1.807) is 36.5 Å². The van der Waals surface area contributed by atoms with Gasteiger partial charge in [-0.05, 0) is 29.8 Å². The first-order valence-electron chi connectivity index (χ1n) is 10.5. The maximum absolute atomic E-state index is 13.4. The Kier molecular flexibility index (Phi) is 5.70. The van der Waals surface area contributed by atoms with Gasteiger partial charge in [0.25, 0.3) is 11.7 Å². The maximum atomic E-state index is 13.4. The van der Waals surface area contributed by atoms with Gasteiger partial charge in [-0.15, -0.1) is 0 Å². The van der Waals surface area contributed by atoms with Crippen molar-refractivity contribution in [3.05, 3.63) is 76.6 Å². The molecule has 0 spiro atoms. The van der Waals surface area contributed by atoms with E-state index in [9.17, 15) is 14.7 Å². The highest BCUT2D eigenvalue weighted by Crippen LogP contribution is 2.46. The number of benzene rings is 2. The van der Waals surface area contributed by atoms with Crippen molar-refractivity contribution in [2.45, 2.75) is 6.04 Å². The highest BCUT2D eigenvalue weighted by atomic mass is 35.5. The summed E-state index contributed by atoms with van der Waals surface area (Å²) in [6, 6.07) is 10.3. The summed E-state index contributed by atoms with van der Waals surface area (Å²) in [4.78, 5) is 32.1. The molecule has 1 aromatic heterocycles. The number of fused-ring (bicyclic) bond motifs is 1. The van der Waals surface area contributed by atoms with E-state index < -0.39 is 23.5 Å². The Bertz CT molecular complexity index is 1370. The summed E-state index contributed by atoms with van der Waals surface area (Å²) >= 11 is 6.21. The molecule has 35 heavy (non-hydrogen) atoms. The summed E-state index contributed by atoms with van der Waals surface area (Å²) in [6.45, 7) is 0.0574. The van der Waals surface area contributed by atoms with E-state index in [-0.39, 0.29) is 34.5 Å². The van der Waals surface area contributed by atoms with E-state index in [1.165, 1.54) is 37.4 Å². The third kappa shape index (κ3) is 3.70. The van der Waals surface area contributed by atoms with E-state index >= 15 is 0 Å². The molecule has 10 heteroatoms. The van der Waals surface area contributed by atoms with Gasteiger partial charge in [-0.2, -0.15) is 0 Å². The van der Waals surface area contributed by atoms with Crippen LogP contribution in [0.4, 0.5) is 5.69 Å². The fourth-order valence-electron chi connectivity index (χ4n) is 4.18. The van der Waals surface area contributed by atoms with Crippen LogP contribution in [0, 0.1) is 0 Å². The molecular formula is C25H19ClN2O7. The van der Waals surface area contributed by atoms with E-state index in [4.69, 9.17) is 30.5 Å². The molecule has 1 atom stereocenters. The van der Waals surface area contributed by atoms with Gasteiger partial charge in [-0.3, -0.25) is 19.5 Å². The average Bonchev–Trinajstić information content (AvgIpc) is 3.45. The molecule has 1 unspecified atom stereocenters. The number of amides is 1. The van der Waals surface area contributed by atoms with Crippen LogP contribution in [0.2, 0.25) is 5.02 Å². The Morgan fingerprint density at radius 3 is 2.57 bits per heavy atom. The van der Waals surface area contributed by atoms with Crippen LogP contribution < -0.4 is 23.8 Å². The van der Waals surface area contributed by atoms with Gasteiger partial charge in [0.15, 0.2) is 11.5 Å². The van der Waals surface area contributed by atoms with Crippen LogP contribution in [-0.2, 0) is 9.59 Å². The van der Waals surface area contributed by atoms with Gasteiger partial charge in [-0.25, -0.2) is 0 Å². The number of pyridine rings is 1. The number of ketones is 1. The minimum atomic E-state index is -0.976. The molecular weight excluding hydrogens is 476 g/mol. The van der Waals surface area contributed by atoms with E-state index in [0.29, 0.717) is 22.7 Å². The summed E-state index contributed by atoms with van der Waals surface area (Å²) in [5.74, 6) is -0.694. The third-order valence-corrected chi connectivity index (χ3v) is 6.10. The molecule has 9 nitrogen and oxygen atoms in total. The number of nitrogens with zero attached hydrogens (tertiary/aromatic N) is 2. The zero-order valence-electron chi connectivity index (χ0n) is 18.6. The van der Waals surface area contributed by atoms with Crippen LogP contribution in [0.5, 0.6) is 23.0 Å². The van der Waals surface area contributed by atoms with Gasteiger partial charge in [0.2, 0.25) is 6.79 Å². The van der Waals surface area contributed by atoms with Crippen LogP contribution in [0.25, 0.3) is 5.76 Å². The first kappa shape index (κ1) is 22.5. The van der Waals surface area contributed by atoms with Gasteiger partial charge < -0.3 is 24.1 Å². The number of anilines is 1. The minimum Gasteiger partial charge on any atom is -0.507 e. The largest absolute Gasteiger partial charge is 0.507 e. The zero-order chi connectivity index (χ0) is 24.7. The van der Waals surface area contributed by atoms with E-state index in [0.717, 1.165) is 0 Å². The normalized spacial score (nSPS) is 18.1. The second kappa shape index (κ2) is 8.84. The van der Waals surface area contributed by atoms with E-state index in [2.05, 4.69) is 4.98 Å². The number of aliphatic hydroxyl groups excluding tert-OH is 1. The fourth-order valence-corrected chi connectivity index (χ4v) is 4.41. The molecule has 1 fully saturated rings. The lowest BCUT2D eigenvalue weighted by molar-refractivity contribution is -0.132. The molecule has 5 rings (SSSR count). The summed E-state index contributed by atoms with van der Waals surface area (Å²) in [5.41, 5.74) is 0.922. The third-order valence-electron chi connectivity index (χ3n) is 5.81. The average molecular weight is 495 g/mol. The SMILES string of the molecule is COc1cc(/C(O)=C2\C(=O)C(=O)N(c3ccc4c(c3)OCO4)C2c2cccnc2)c(OC)cc1Cl. The Labute approximate surface area is 205 Å². The van der Waals surface area contributed by atoms with Crippen LogP contribution in [0.3, 0.4) is 0 Å². The number of carbonyl (C=O) groups excluding carboxylic acids is 2. The molecule has 1 N–H and O–H groups in total. The summed E-state index contributed by atoms with van der Waals surface area (Å²) in [7, 11) is 2.82. The number of Topliss-reactive ketones (excluding diaryl/α,β-unsaturated/α-hetero) is 1. The van der Waals surface area contributed by atoms with E-state index in [1.807, 2.05) is 0 Å². The molecule has 3 aromatic rings. The number of hydrogen-bond donors (Lipinski definition) is 1. The predicted molar refractivity (Wildman–Crippen MR) is 126 cm³/mol. The second-order valence-electron chi connectivity index (χ2n) is 7.68. The lowest BCUT2D eigenvalue weighted by Gasteiger charge is -2.25. The van der Waals surface area contributed by atoms with Gasteiger partial charge in [0, 0.05) is 30.2 Å². The Hall–Kier alpha value is -4.24. The topological polar surface area (TPSA) is 107 Å². The summed E-state index contributed by atoms with van der Waals surface area (Å²) in [5, 5.41) is 11.7. The highest BCUT2D eigenvalue weighted by Gasteiger charge is 2.47. The number of aromatic nitrogens is 1. The van der Waals surface area contributed by atoms with Crippen molar-refractivity contribution < 1.29 is 33.6 Å². The zero-order valence-corrected chi connectivity index (χ0v) is 19.4. The molecule has 0 radical (unpaired) electrons. The first-order valence-corrected chi connectivity index (χ1v) is 10.8. The van der Waals surface area contributed by atoms with Crippen molar-refractivity contribution in [2.24, 2.45) is 0 Å². The van der Waals surface area contributed by atoms with Crippen molar-refractivity contribution >= 4 is 34.7 Å². The molecule has 0 bridgehead atoms. The molecule has 2 aliphatic rings. The van der Waals surface area contributed by atoms with Crippen LogP contribution >= 0.6 is 11.6 Å². The van der Waals surface area contributed by atoms with Crippen LogP contribution in [0.15, 0.2) is 60.4 Å². The molecule has 3 heterocycles. The molecule has 1 amide bonds. The van der Waals surface area contributed by atoms with Crippen LogP contribution in [-0.4, -0.2) is 42.8 Å².